The van der Waals surface area contributed by atoms with Crippen LogP contribution in [0.1, 0.15) is 21.5 Å². The van der Waals surface area contributed by atoms with Gasteiger partial charge in [-0.05, 0) is 34.5 Å². The zero-order valence-electron chi connectivity index (χ0n) is 8.46. The number of benzene rings is 1. The van der Waals surface area contributed by atoms with Gasteiger partial charge in [0.1, 0.15) is 5.82 Å². The first-order valence-corrected chi connectivity index (χ1v) is 6.35. The van der Waals surface area contributed by atoms with Gasteiger partial charge in [0.15, 0.2) is 5.78 Å². The minimum atomic E-state index is -0.350. The molecule has 1 heterocycles. The van der Waals surface area contributed by atoms with E-state index in [1.165, 1.54) is 17.4 Å². The van der Waals surface area contributed by atoms with Crippen molar-refractivity contribution in [3.63, 3.8) is 0 Å². The number of hydrogen-bond acceptors (Lipinski definition) is 2. The fourth-order valence-electron chi connectivity index (χ4n) is 1.33. The first kappa shape index (κ1) is 11.5. The third kappa shape index (κ3) is 2.08. The molecule has 0 aliphatic rings. The monoisotopic (exact) mass is 298 g/mol. The van der Waals surface area contributed by atoms with Crippen LogP contribution < -0.4 is 0 Å². The van der Waals surface area contributed by atoms with E-state index in [-0.39, 0.29) is 11.6 Å². The highest BCUT2D eigenvalue weighted by atomic mass is 79.9. The Hall–Kier alpha value is -1.00. The molecule has 1 nitrogen and oxygen atoms in total. The van der Waals surface area contributed by atoms with Crippen molar-refractivity contribution in [2.45, 2.75) is 6.92 Å². The van der Waals surface area contributed by atoms with Crippen LogP contribution in [-0.4, -0.2) is 5.78 Å². The van der Waals surface area contributed by atoms with Crippen LogP contribution in [0.5, 0.6) is 0 Å². The summed E-state index contributed by atoms with van der Waals surface area (Å²) >= 11 is 4.73. The third-order valence-electron chi connectivity index (χ3n) is 2.29. The van der Waals surface area contributed by atoms with Gasteiger partial charge in [0.25, 0.3) is 0 Å². The number of carbonyl (C=O) groups excluding carboxylic acids is 1. The summed E-state index contributed by atoms with van der Waals surface area (Å²) in [7, 11) is 0. The zero-order valence-corrected chi connectivity index (χ0v) is 10.9. The molecule has 0 spiro atoms. The molecule has 0 saturated carbocycles. The summed E-state index contributed by atoms with van der Waals surface area (Å²) in [5, 5.41) is 3.59. The molecule has 0 saturated heterocycles. The lowest BCUT2D eigenvalue weighted by Crippen LogP contribution is -2.01. The van der Waals surface area contributed by atoms with Crippen LogP contribution in [0, 0.1) is 12.7 Å². The number of aryl methyl sites for hydroxylation is 1. The van der Waals surface area contributed by atoms with Gasteiger partial charge in [-0.3, -0.25) is 4.79 Å². The van der Waals surface area contributed by atoms with Crippen LogP contribution >= 0.6 is 27.3 Å². The summed E-state index contributed by atoms with van der Waals surface area (Å²) < 4.78 is 14.1. The van der Waals surface area contributed by atoms with Gasteiger partial charge in [-0.2, -0.15) is 11.3 Å². The average Bonchev–Trinajstić information content (AvgIpc) is 2.67. The van der Waals surface area contributed by atoms with Crippen molar-refractivity contribution in [3.05, 3.63) is 55.9 Å². The van der Waals surface area contributed by atoms with Crippen molar-refractivity contribution in [3.8, 4) is 0 Å². The normalized spacial score (nSPS) is 10.4. The van der Waals surface area contributed by atoms with E-state index < -0.39 is 0 Å². The maximum absolute atomic E-state index is 13.3. The molecule has 0 unspecified atom stereocenters. The van der Waals surface area contributed by atoms with Gasteiger partial charge < -0.3 is 0 Å². The average molecular weight is 299 g/mol. The lowest BCUT2D eigenvalue weighted by atomic mass is 10.0. The second kappa shape index (κ2) is 4.47. The van der Waals surface area contributed by atoms with E-state index in [0.717, 1.165) is 4.47 Å². The Balaban J connectivity index is 2.42. The molecule has 4 heteroatoms. The van der Waals surface area contributed by atoms with Crippen LogP contribution in [0.4, 0.5) is 4.39 Å². The maximum atomic E-state index is 13.3. The van der Waals surface area contributed by atoms with Crippen molar-refractivity contribution >= 4 is 33.0 Å². The third-order valence-corrected chi connectivity index (χ3v) is 4.00. The van der Waals surface area contributed by atoms with Crippen LogP contribution in [0.3, 0.4) is 0 Å². The second-order valence-corrected chi connectivity index (χ2v) is 5.02. The van der Waals surface area contributed by atoms with Crippen molar-refractivity contribution in [2.75, 3.05) is 0 Å². The Morgan fingerprint density at radius 3 is 2.69 bits per heavy atom. The lowest BCUT2D eigenvalue weighted by molar-refractivity contribution is 0.103. The first-order valence-electron chi connectivity index (χ1n) is 4.62. The quantitative estimate of drug-likeness (QED) is 0.760. The predicted octanol–water partition coefficient (Wildman–Crippen LogP) is 4.19. The Bertz CT molecular complexity index is 548. The highest BCUT2D eigenvalue weighted by Gasteiger charge is 2.14. The van der Waals surface area contributed by atoms with Crippen molar-refractivity contribution in [2.24, 2.45) is 0 Å². The molecule has 0 bridgehead atoms. The summed E-state index contributed by atoms with van der Waals surface area (Å²) in [4.78, 5) is 12.0. The van der Waals surface area contributed by atoms with E-state index in [9.17, 15) is 9.18 Å². The number of carbonyl (C=O) groups is 1. The van der Waals surface area contributed by atoms with Gasteiger partial charge in [0, 0.05) is 26.4 Å². The van der Waals surface area contributed by atoms with E-state index >= 15 is 0 Å². The van der Waals surface area contributed by atoms with Crippen LogP contribution in [-0.2, 0) is 0 Å². The molecule has 82 valence electrons. The van der Waals surface area contributed by atoms with Crippen molar-refractivity contribution < 1.29 is 9.18 Å². The first-order chi connectivity index (χ1) is 7.59. The number of thiophene rings is 1. The Labute approximate surface area is 105 Å². The predicted molar refractivity (Wildman–Crippen MR) is 66.6 cm³/mol. The molecule has 0 atom stereocenters. The molecule has 0 amide bonds. The van der Waals surface area contributed by atoms with Gasteiger partial charge in [0.05, 0.1) is 0 Å². The summed E-state index contributed by atoms with van der Waals surface area (Å²) in [5.41, 5.74) is 1.50. The minimum Gasteiger partial charge on any atom is -0.289 e. The number of halogens is 2. The number of ketones is 1. The standard InChI is InChI=1S/C12H8BrFOS/c1-7-2-3-8(4-11(7)14)12(15)9-5-16-6-10(9)13/h2-6H,1H3. The molecule has 1 aromatic heterocycles. The molecule has 2 aromatic rings. The van der Waals surface area contributed by atoms with E-state index in [1.807, 2.05) is 5.38 Å². The summed E-state index contributed by atoms with van der Waals surface area (Å²) in [6.07, 6.45) is 0. The summed E-state index contributed by atoms with van der Waals surface area (Å²) in [5.74, 6) is -0.510. The molecule has 0 radical (unpaired) electrons. The molecular weight excluding hydrogens is 291 g/mol. The molecule has 0 fully saturated rings. The van der Waals surface area contributed by atoms with E-state index in [4.69, 9.17) is 0 Å². The van der Waals surface area contributed by atoms with E-state index in [0.29, 0.717) is 16.7 Å². The van der Waals surface area contributed by atoms with Crippen molar-refractivity contribution in [1.29, 1.82) is 0 Å². The van der Waals surface area contributed by atoms with Gasteiger partial charge in [-0.15, -0.1) is 0 Å². The number of hydrogen-bond donors (Lipinski definition) is 0. The molecule has 0 aliphatic heterocycles. The van der Waals surface area contributed by atoms with Gasteiger partial charge in [0.2, 0.25) is 0 Å². The molecule has 16 heavy (non-hydrogen) atoms. The van der Waals surface area contributed by atoms with Crippen LogP contribution in [0.15, 0.2) is 33.4 Å². The number of rotatable bonds is 2. The zero-order chi connectivity index (χ0) is 11.7. The highest BCUT2D eigenvalue weighted by molar-refractivity contribution is 9.10. The summed E-state index contributed by atoms with van der Waals surface area (Å²) in [6, 6.07) is 4.54. The summed E-state index contributed by atoms with van der Waals surface area (Å²) in [6.45, 7) is 1.67. The molecule has 0 N–H and O–H groups in total. The molecular formula is C12H8BrFOS. The minimum absolute atomic E-state index is 0.160. The topological polar surface area (TPSA) is 17.1 Å². The smallest absolute Gasteiger partial charge is 0.195 e. The fraction of sp³-hybridized carbons (Fsp3) is 0.0833. The molecule has 0 aliphatic carbocycles. The SMILES string of the molecule is Cc1ccc(C(=O)c2cscc2Br)cc1F. The van der Waals surface area contributed by atoms with E-state index in [1.54, 1.807) is 24.4 Å². The van der Waals surface area contributed by atoms with Gasteiger partial charge in [-0.1, -0.05) is 12.1 Å². The van der Waals surface area contributed by atoms with E-state index in [2.05, 4.69) is 15.9 Å². The van der Waals surface area contributed by atoms with Crippen molar-refractivity contribution in [1.82, 2.24) is 0 Å². The Morgan fingerprint density at radius 2 is 2.12 bits per heavy atom. The largest absolute Gasteiger partial charge is 0.289 e. The molecule has 2 rings (SSSR count). The Morgan fingerprint density at radius 1 is 1.38 bits per heavy atom. The van der Waals surface area contributed by atoms with Gasteiger partial charge in [-0.25, -0.2) is 4.39 Å². The molecule has 1 aromatic carbocycles. The Kier molecular flexibility index (Phi) is 3.21. The van der Waals surface area contributed by atoms with Gasteiger partial charge >= 0.3 is 0 Å². The highest BCUT2D eigenvalue weighted by Crippen LogP contribution is 2.24. The van der Waals surface area contributed by atoms with Crippen LogP contribution in [0.2, 0.25) is 0 Å². The second-order valence-electron chi connectivity index (χ2n) is 3.43. The lowest BCUT2D eigenvalue weighted by Gasteiger charge is -2.01. The maximum Gasteiger partial charge on any atom is 0.195 e. The fourth-order valence-corrected chi connectivity index (χ4v) is 2.79. The van der Waals surface area contributed by atoms with Crippen LogP contribution in [0.25, 0.3) is 0 Å².